The highest BCUT2D eigenvalue weighted by Crippen LogP contribution is 2.37. The first kappa shape index (κ1) is 15.4. The first-order valence-electron chi connectivity index (χ1n) is 6.12. The standard InChI is InChI=1S/C13H16BrCl2NO2/c1-3-19-11-6-10(13(11)18-2)17-12-8(15)4-7(14)5-9(12)16/h4-5,10-11,13,17H,3,6H2,1-2H3. The van der Waals surface area contributed by atoms with E-state index in [0.29, 0.717) is 16.7 Å². The minimum Gasteiger partial charge on any atom is -0.377 e. The van der Waals surface area contributed by atoms with E-state index >= 15 is 0 Å². The monoisotopic (exact) mass is 367 g/mol. The van der Waals surface area contributed by atoms with Crippen LogP contribution in [0.5, 0.6) is 0 Å². The number of nitrogens with one attached hydrogen (secondary N) is 1. The summed E-state index contributed by atoms with van der Waals surface area (Å²) in [6.45, 7) is 2.67. The minimum atomic E-state index is 0.0238. The van der Waals surface area contributed by atoms with Gasteiger partial charge in [-0.3, -0.25) is 0 Å². The highest BCUT2D eigenvalue weighted by molar-refractivity contribution is 9.10. The van der Waals surface area contributed by atoms with Gasteiger partial charge in [0.05, 0.1) is 27.9 Å². The fourth-order valence-electron chi connectivity index (χ4n) is 2.28. The molecule has 2 rings (SSSR count). The van der Waals surface area contributed by atoms with Crippen LogP contribution >= 0.6 is 39.1 Å². The van der Waals surface area contributed by atoms with Crippen molar-refractivity contribution in [1.29, 1.82) is 0 Å². The largest absolute Gasteiger partial charge is 0.377 e. The first-order chi connectivity index (χ1) is 9.06. The Morgan fingerprint density at radius 3 is 2.53 bits per heavy atom. The molecule has 0 aromatic heterocycles. The lowest BCUT2D eigenvalue weighted by atomic mass is 9.85. The topological polar surface area (TPSA) is 30.5 Å². The molecule has 0 heterocycles. The van der Waals surface area contributed by atoms with Gasteiger partial charge in [0.15, 0.2) is 0 Å². The van der Waals surface area contributed by atoms with Crippen molar-refractivity contribution in [3.63, 3.8) is 0 Å². The molecule has 106 valence electrons. The van der Waals surface area contributed by atoms with Crippen molar-refractivity contribution < 1.29 is 9.47 Å². The second-order valence-electron chi connectivity index (χ2n) is 4.43. The molecule has 6 heteroatoms. The van der Waals surface area contributed by atoms with E-state index in [-0.39, 0.29) is 18.2 Å². The van der Waals surface area contributed by atoms with Gasteiger partial charge in [-0.15, -0.1) is 0 Å². The lowest BCUT2D eigenvalue weighted by molar-refractivity contribution is -0.118. The molecule has 1 aliphatic rings. The minimum absolute atomic E-state index is 0.0238. The number of rotatable bonds is 5. The van der Waals surface area contributed by atoms with Crippen LogP contribution in [-0.4, -0.2) is 32.0 Å². The lowest BCUT2D eigenvalue weighted by Gasteiger charge is -2.44. The molecule has 0 aliphatic heterocycles. The summed E-state index contributed by atoms with van der Waals surface area (Å²) in [5.74, 6) is 0. The molecule has 0 saturated heterocycles. The molecule has 1 aromatic carbocycles. The second-order valence-corrected chi connectivity index (χ2v) is 6.16. The summed E-state index contributed by atoms with van der Waals surface area (Å²) in [6.07, 6.45) is 1.05. The van der Waals surface area contributed by atoms with E-state index in [1.165, 1.54) is 0 Å². The average Bonchev–Trinajstić information content (AvgIpc) is 2.31. The number of hydrogen-bond acceptors (Lipinski definition) is 3. The van der Waals surface area contributed by atoms with Crippen LogP contribution < -0.4 is 5.32 Å². The maximum absolute atomic E-state index is 6.20. The summed E-state index contributed by atoms with van der Waals surface area (Å²) in [7, 11) is 1.69. The molecule has 1 fully saturated rings. The second kappa shape index (κ2) is 6.64. The van der Waals surface area contributed by atoms with Crippen LogP contribution in [0.3, 0.4) is 0 Å². The van der Waals surface area contributed by atoms with Gasteiger partial charge in [-0.25, -0.2) is 0 Å². The zero-order valence-electron chi connectivity index (χ0n) is 10.8. The molecule has 1 aromatic rings. The molecular weight excluding hydrogens is 353 g/mol. The third-order valence-electron chi connectivity index (χ3n) is 3.24. The van der Waals surface area contributed by atoms with Crippen molar-refractivity contribution >= 4 is 44.8 Å². The lowest BCUT2D eigenvalue weighted by Crippen LogP contribution is -2.56. The zero-order chi connectivity index (χ0) is 14.0. The van der Waals surface area contributed by atoms with Crippen LogP contribution in [0.4, 0.5) is 5.69 Å². The Labute approximate surface area is 131 Å². The summed E-state index contributed by atoms with van der Waals surface area (Å²) in [5.41, 5.74) is 0.744. The predicted octanol–water partition coefficient (Wildman–Crippen LogP) is 4.36. The Bertz CT molecular complexity index is 435. The van der Waals surface area contributed by atoms with Crippen molar-refractivity contribution in [2.24, 2.45) is 0 Å². The molecule has 3 unspecified atom stereocenters. The van der Waals surface area contributed by atoms with E-state index in [1.54, 1.807) is 7.11 Å². The highest BCUT2D eigenvalue weighted by atomic mass is 79.9. The number of ether oxygens (including phenoxy) is 2. The Kier molecular flexibility index (Phi) is 5.37. The molecule has 0 spiro atoms. The van der Waals surface area contributed by atoms with E-state index in [1.807, 2.05) is 19.1 Å². The number of halogens is 3. The van der Waals surface area contributed by atoms with Crippen molar-refractivity contribution in [2.75, 3.05) is 19.0 Å². The van der Waals surface area contributed by atoms with Crippen LogP contribution in [0, 0.1) is 0 Å². The van der Waals surface area contributed by atoms with Gasteiger partial charge >= 0.3 is 0 Å². The smallest absolute Gasteiger partial charge is 0.103 e. The Morgan fingerprint density at radius 1 is 1.37 bits per heavy atom. The quantitative estimate of drug-likeness (QED) is 0.837. The van der Waals surface area contributed by atoms with Crippen molar-refractivity contribution in [2.45, 2.75) is 31.6 Å². The van der Waals surface area contributed by atoms with E-state index in [9.17, 15) is 0 Å². The fourth-order valence-corrected chi connectivity index (χ4v) is 3.60. The van der Waals surface area contributed by atoms with Gasteiger partial charge in [0.25, 0.3) is 0 Å². The summed E-state index contributed by atoms with van der Waals surface area (Å²) < 4.78 is 11.9. The predicted molar refractivity (Wildman–Crippen MR) is 82.4 cm³/mol. The maximum Gasteiger partial charge on any atom is 0.103 e. The molecule has 3 atom stereocenters. The molecule has 3 nitrogen and oxygen atoms in total. The zero-order valence-corrected chi connectivity index (χ0v) is 13.8. The van der Waals surface area contributed by atoms with Gasteiger partial charge in [-0.2, -0.15) is 0 Å². The fraction of sp³-hybridized carbons (Fsp3) is 0.538. The molecule has 1 aliphatic carbocycles. The first-order valence-corrected chi connectivity index (χ1v) is 7.67. The number of anilines is 1. The van der Waals surface area contributed by atoms with Gasteiger partial charge in [0.1, 0.15) is 6.10 Å². The van der Waals surface area contributed by atoms with E-state index in [0.717, 1.165) is 16.6 Å². The molecule has 0 radical (unpaired) electrons. The van der Waals surface area contributed by atoms with E-state index < -0.39 is 0 Å². The van der Waals surface area contributed by atoms with Gasteiger partial charge in [-0.1, -0.05) is 39.1 Å². The van der Waals surface area contributed by atoms with Crippen LogP contribution in [-0.2, 0) is 9.47 Å². The molecule has 19 heavy (non-hydrogen) atoms. The van der Waals surface area contributed by atoms with Crippen molar-refractivity contribution in [3.8, 4) is 0 Å². The van der Waals surface area contributed by atoms with Gasteiger partial charge < -0.3 is 14.8 Å². The SMILES string of the molecule is CCOC1CC(Nc2c(Cl)cc(Br)cc2Cl)C1OC. The van der Waals surface area contributed by atoms with Crippen LogP contribution in [0.15, 0.2) is 16.6 Å². The highest BCUT2D eigenvalue weighted by Gasteiger charge is 2.42. The van der Waals surface area contributed by atoms with Crippen LogP contribution in [0.25, 0.3) is 0 Å². The summed E-state index contributed by atoms with van der Waals surface area (Å²) >= 11 is 15.8. The van der Waals surface area contributed by atoms with Crippen molar-refractivity contribution in [3.05, 3.63) is 26.7 Å². The Hall–Kier alpha value is -0.0000000000000000763. The third kappa shape index (κ3) is 3.37. The van der Waals surface area contributed by atoms with Gasteiger partial charge in [-0.05, 0) is 25.5 Å². The summed E-state index contributed by atoms with van der Waals surface area (Å²) in [5, 5.41) is 4.53. The van der Waals surface area contributed by atoms with Crippen LogP contribution in [0.2, 0.25) is 10.0 Å². The molecule has 1 N–H and O–H groups in total. The number of methoxy groups -OCH3 is 1. The summed E-state index contributed by atoms with van der Waals surface area (Å²) in [6, 6.07) is 3.80. The average molecular weight is 369 g/mol. The number of benzene rings is 1. The van der Waals surface area contributed by atoms with Gasteiger partial charge in [0, 0.05) is 18.2 Å². The Balaban J connectivity index is 2.07. The molecule has 1 saturated carbocycles. The molecule has 0 amide bonds. The number of hydrogen-bond donors (Lipinski definition) is 1. The van der Waals surface area contributed by atoms with Crippen molar-refractivity contribution in [1.82, 2.24) is 0 Å². The molecule has 0 bridgehead atoms. The Morgan fingerprint density at radius 2 is 2.00 bits per heavy atom. The maximum atomic E-state index is 6.20. The van der Waals surface area contributed by atoms with E-state index in [2.05, 4.69) is 21.2 Å². The van der Waals surface area contributed by atoms with E-state index in [4.69, 9.17) is 32.7 Å². The van der Waals surface area contributed by atoms with Gasteiger partial charge in [0.2, 0.25) is 0 Å². The van der Waals surface area contributed by atoms with Crippen LogP contribution in [0.1, 0.15) is 13.3 Å². The third-order valence-corrected chi connectivity index (χ3v) is 4.29. The normalized spacial score (nSPS) is 26.1. The molecular formula is C13H16BrCl2NO2. The summed E-state index contributed by atoms with van der Waals surface area (Å²) in [4.78, 5) is 0.